The second-order valence-corrected chi connectivity index (χ2v) is 7.56. The average Bonchev–Trinajstić information content (AvgIpc) is 2.83. The summed E-state index contributed by atoms with van der Waals surface area (Å²) in [6.45, 7) is 1.92. The molecule has 2 heterocycles. The highest BCUT2D eigenvalue weighted by molar-refractivity contribution is 8.00. The van der Waals surface area contributed by atoms with Gasteiger partial charge in [0.15, 0.2) is 0 Å². The van der Waals surface area contributed by atoms with Crippen LogP contribution in [-0.2, 0) is 4.79 Å². The Morgan fingerprint density at radius 2 is 1.88 bits per heavy atom. The van der Waals surface area contributed by atoms with Crippen LogP contribution in [-0.4, -0.2) is 21.4 Å². The van der Waals surface area contributed by atoms with Crippen LogP contribution in [0.1, 0.15) is 22.1 Å². The molecule has 1 aliphatic heterocycles. The molecule has 1 aromatic heterocycles. The zero-order valence-electron chi connectivity index (χ0n) is 13.9. The van der Waals surface area contributed by atoms with E-state index in [4.69, 9.17) is 11.6 Å². The van der Waals surface area contributed by atoms with Crippen molar-refractivity contribution in [3.63, 3.8) is 0 Å². The number of nitrogens with one attached hydrogen (secondary N) is 1. The number of hydrogen-bond donors (Lipinski definition) is 1. The summed E-state index contributed by atoms with van der Waals surface area (Å²) in [7, 11) is 0. The van der Waals surface area contributed by atoms with Crippen molar-refractivity contribution in [2.75, 3.05) is 11.1 Å². The number of halogens is 2. The Labute approximate surface area is 159 Å². The molecule has 0 bridgehead atoms. The number of hydrogen-bond acceptors (Lipinski definition) is 3. The normalized spacial score (nSPS) is 16.7. The summed E-state index contributed by atoms with van der Waals surface area (Å²) >= 11 is 7.49. The van der Waals surface area contributed by atoms with Crippen LogP contribution < -0.4 is 5.32 Å². The standard InChI is InChI=1S/C19H15ClFN3OS/c1-11-17-18(12-2-6-14(21)7-3-12)26-10-16(25)22-19(17)24(23-11)15-8-4-13(20)5-9-15/h2-9,18H,10H2,1H3,(H,22,25)/t18-/m1/s1. The van der Waals surface area contributed by atoms with Crippen molar-refractivity contribution in [2.45, 2.75) is 12.2 Å². The number of benzene rings is 2. The Balaban J connectivity index is 1.87. The zero-order chi connectivity index (χ0) is 18.3. The zero-order valence-corrected chi connectivity index (χ0v) is 15.4. The first kappa shape index (κ1) is 17.1. The molecule has 1 aliphatic rings. The van der Waals surface area contributed by atoms with Crippen molar-refractivity contribution in [2.24, 2.45) is 0 Å². The number of aromatic nitrogens is 2. The number of carbonyl (C=O) groups excluding carboxylic acids is 1. The summed E-state index contributed by atoms with van der Waals surface area (Å²) in [5.74, 6) is 0.594. The number of carbonyl (C=O) groups is 1. The van der Waals surface area contributed by atoms with E-state index in [-0.39, 0.29) is 17.0 Å². The lowest BCUT2D eigenvalue weighted by atomic mass is 10.0. The van der Waals surface area contributed by atoms with Crippen molar-refractivity contribution in [3.05, 3.63) is 76.2 Å². The van der Waals surface area contributed by atoms with Crippen molar-refractivity contribution in [1.29, 1.82) is 0 Å². The number of amides is 1. The average molecular weight is 388 g/mol. The van der Waals surface area contributed by atoms with E-state index in [9.17, 15) is 9.18 Å². The smallest absolute Gasteiger partial charge is 0.235 e. The molecule has 0 radical (unpaired) electrons. The number of nitrogens with zero attached hydrogens (tertiary/aromatic N) is 2. The summed E-state index contributed by atoms with van der Waals surface area (Å²) in [6, 6.07) is 13.7. The molecule has 0 aliphatic carbocycles. The summed E-state index contributed by atoms with van der Waals surface area (Å²) in [4.78, 5) is 12.3. The molecule has 0 saturated heterocycles. The second-order valence-electron chi connectivity index (χ2n) is 6.03. The van der Waals surface area contributed by atoms with Crippen LogP contribution in [0, 0.1) is 12.7 Å². The maximum absolute atomic E-state index is 13.3. The first-order chi connectivity index (χ1) is 12.5. The van der Waals surface area contributed by atoms with E-state index in [1.54, 1.807) is 28.9 Å². The molecule has 1 N–H and O–H groups in total. The largest absolute Gasteiger partial charge is 0.310 e. The third-order valence-electron chi connectivity index (χ3n) is 4.25. The van der Waals surface area contributed by atoms with Gasteiger partial charge in [0.05, 0.1) is 22.4 Å². The number of anilines is 1. The Hall–Kier alpha value is -2.31. The Bertz CT molecular complexity index is 970. The fourth-order valence-electron chi connectivity index (χ4n) is 3.05. The maximum Gasteiger partial charge on any atom is 0.235 e. The van der Waals surface area contributed by atoms with Crippen LogP contribution in [0.3, 0.4) is 0 Å². The number of aryl methyl sites for hydroxylation is 1. The minimum Gasteiger partial charge on any atom is -0.310 e. The highest BCUT2D eigenvalue weighted by Gasteiger charge is 2.30. The molecule has 1 amide bonds. The number of thioether (sulfide) groups is 1. The SMILES string of the molecule is Cc1nn(-c2ccc(Cl)cc2)c2c1[C@@H](c1ccc(F)cc1)SCC(=O)N2. The lowest BCUT2D eigenvalue weighted by molar-refractivity contribution is -0.113. The van der Waals surface area contributed by atoms with Gasteiger partial charge in [-0.05, 0) is 48.9 Å². The molecule has 132 valence electrons. The van der Waals surface area contributed by atoms with E-state index in [1.807, 2.05) is 19.1 Å². The fraction of sp³-hybridized carbons (Fsp3) is 0.158. The predicted molar refractivity (Wildman–Crippen MR) is 103 cm³/mol. The maximum atomic E-state index is 13.3. The van der Waals surface area contributed by atoms with Crippen molar-refractivity contribution >= 4 is 35.1 Å². The first-order valence-corrected chi connectivity index (χ1v) is 9.48. The highest BCUT2D eigenvalue weighted by atomic mass is 35.5. The van der Waals surface area contributed by atoms with Crippen LogP contribution in [0.25, 0.3) is 5.69 Å². The van der Waals surface area contributed by atoms with Crippen LogP contribution in [0.5, 0.6) is 0 Å². The molecule has 1 atom stereocenters. The minimum atomic E-state index is -0.282. The summed E-state index contributed by atoms with van der Waals surface area (Å²) in [5, 5.41) is 8.13. The monoisotopic (exact) mass is 387 g/mol. The first-order valence-electron chi connectivity index (χ1n) is 8.05. The van der Waals surface area contributed by atoms with Gasteiger partial charge in [-0.2, -0.15) is 5.10 Å². The summed E-state index contributed by atoms with van der Waals surface area (Å²) < 4.78 is 15.1. The third kappa shape index (κ3) is 3.10. The molecule has 4 rings (SSSR count). The molecular formula is C19H15ClFN3OS. The second kappa shape index (κ2) is 6.78. The van der Waals surface area contributed by atoms with E-state index in [0.29, 0.717) is 16.6 Å². The van der Waals surface area contributed by atoms with Gasteiger partial charge in [0.1, 0.15) is 11.6 Å². The van der Waals surface area contributed by atoms with Crippen molar-refractivity contribution < 1.29 is 9.18 Å². The van der Waals surface area contributed by atoms with Crippen LogP contribution in [0.15, 0.2) is 48.5 Å². The summed E-state index contributed by atoms with van der Waals surface area (Å²) in [6.07, 6.45) is 0. The quantitative estimate of drug-likeness (QED) is 0.690. The molecule has 0 saturated carbocycles. The molecular weight excluding hydrogens is 373 g/mol. The van der Waals surface area contributed by atoms with Gasteiger partial charge in [0.2, 0.25) is 5.91 Å². The van der Waals surface area contributed by atoms with E-state index < -0.39 is 0 Å². The van der Waals surface area contributed by atoms with E-state index in [0.717, 1.165) is 22.5 Å². The Kier molecular flexibility index (Phi) is 4.46. The number of fused-ring (bicyclic) bond motifs is 1. The lowest BCUT2D eigenvalue weighted by Gasteiger charge is -2.15. The van der Waals surface area contributed by atoms with E-state index in [1.165, 1.54) is 23.9 Å². The van der Waals surface area contributed by atoms with Gasteiger partial charge in [0.25, 0.3) is 0 Å². The number of rotatable bonds is 2. The van der Waals surface area contributed by atoms with Crippen LogP contribution in [0.2, 0.25) is 5.02 Å². The van der Waals surface area contributed by atoms with Gasteiger partial charge >= 0.3 is 0 Å². The molecule has 0 unspecified atom stereocenters. The topological polar surface area (TPSA) is 46.9 Å². The Morgan fingerprint density at radius 3 is 2.58 bits per heavy atom. The van der Waals surface area contributed by atoms with Crippen LogP contribution >= 0.6 is 23.4 Å². The third-order valence-corrected chi connectivity index (χ3v) is 5.77. The van der Waals surface area contributed by atoms with Gasteiger partial charge in [0, 0.05) is 10.6 Å². The molecule has 2 aromatic carbocycles. The lowest BCUT2D eigenvalue weighted by Crippen LogP contribution is -2.15. The van der Waals surface area contributed by atoms with Gasteiger partial charge < -0.3 is 5.32 Å². The Morgan fingerprint density at radius 1 is 1.19 bits per heavy atom. The molecule has 4 nitrogen and oxygen atoms in total. The van der Waals surface area contributed by atoms with Gasteiger partial charge in [-0.1, -0.05) is 23.7 Å². The van der Waals surface area contributed by atoms with Gasteiger partial charge in [-0.25, -0.2) is 9.07 Å². The molecule has 0 spiro atoms. The fourth-order valence-corrected chi connectivity index (χ4v) is 4.37. The van der Waals surface area contributed by atoms with Crippen LogP contribution in [0.4, 0.5) is 10.2 Å². The predicted octanol–water partition coefficient (Wildman–Crippen LogP) is 4.75. The van der Waals surface area contributed by atoms with Gasteiger partial charge in [-0.3, -0.25) is 4.79 Å². The summed E-state index contributed by atoms with van der Waals surface area (Å²) in [5.41, 5.74) is 3.50. The highest BCUT2D eigenvalue weighted by Crippen LogP contribution is 2.43. The van der Waals surface area contributed by atoms with E-state index in [2.05, 4.69) is 10.4 Å². The van der Waals surface area contributed by atoms with Crippen molar-refractivity contribution in [1.82, 2.24) is 9.78 Å². The molecule has 7 heteroatoms. The minimum absolute atomic E-state index is 0.0871. The molecule has 3 aromatic rings. The van der Waals surface area contributed by atoms with E-state index >= 15 is 0 Å². The van der Waals surface area contributed by atoms with Crippen molar-refractivity contribution in [3.8, 4) is 5.69 Å². The molecule has 0 fully saturated rings. The van der Waals surface area contributed by atoms with Gasteiger partial charge in [-0.15, -0.1) is 11.8 Å². The molecule has 26 heavy (non-hydrogen) atoms.